The highest BCUT2D eigenvalue weighted by atomic mass is 19.3. The number of methoxy groups -OCH3 is 1. The molecule has 0 fully saturated rings. The first kappa shape index (κ1) is 16.1. The van der Waals surface area contributed by atoms with Crippen LogP contribution in [-0.4, -0.2) is 49.2 Å². The van der Waals surface area contributed by atoms with Crippen molar-refractivity contribution in [3.63, 3.8) is 0 Å². The molecule has 9 heteroatoms. The van der Waals surface area contributed by atoms with Crippen molar-refractivity contribution >= 4 is 18.0 Å². The monoisotopic (exact) mass is 268 g/mol. The largest absolute Gasteiger partial charge is 0.480 e. The van der Waals surface area contributed by atoms with Crippen LogP contribution in [0, 0.1) is 0 Å². The number of aliphatic carboxylic acids is 1. The van der Waals surface area contributed by atoms with E-state index in [4.69, 9.17) is 5.11 Å². The van der Waals surface area contributed by atoms with Gasteiger partial charge in [-0.2, -0.15) is 0 Å². The smallest absolute Gasteiger partial charge is 0.326 e. The van der Waals surface area contributed by atoms with E-state index >= 15 is 0 Å². The van der Waals surface area contributed by atoms with E-state index in [9.17, 15) is 23.2 Å². The van der Waals surface area contributed by atoms with Crippen LogP contribution in [0.3, 0.4) is 0 Å². The zero-order chi connectivity index (χ0) is 14.1. The molecular formula is C9H14F2N2O5. The highest BCUT2D eigenvalue weighted by Gasteiger charge is 2.21. The third-order valence-electron chi connectivity index (χ3n) is 1.89. The molecule has 3 N–H and O–H groups in total. The molecule has 0 unspecified atom stereocenters. The molecule has 0 aromatic heterocycles. The molecule has 2 amide bonds. The van der Waals surface area contributed by atoms with Crippen LogP contribution in [0.15, 0.2) is 0 Å². The molecule has 104 valence electrons. The Kier molecular flexibility index (Phi) is 7.32. The Bertz CT molecular complexity index is 311. The molecule has 0 saturated heterocycles. The Hall–Kier alpha value is -1.93. The molecule has 0 rings (SSSR count). The van der Waals surface area contributed by atoms with E-state index < -0.39 is 37.0 Å². The van der Waals surface area contributed by atoms with Crippen LogP contribution in [0.25, 0.3) is 0 Å². The number of carbonyl (C=O) groups excluding carboxylic acids is 2. The van der Waals surface area contributed by atoms with Gasteiger partial charge in [-0.3, -0.25) is 4.79 Å². The average Bonchev–Trinajstić information content (AvgIpc) is 2.30. The van der Waals surface area contributed by atoms with Crippen LogP contribution in [0.1, 0.15) is 12.8 Å². The first-order valence-electron chi connectivity index (χ1n) is 4.99. The predicted octanol–water partition coefficient (Wildman–Crippen LogP) is -0.0429. The SMILES string of the molecule is COC(=O)CC[C@@H](NC(=O)NCC(F)F)C(=O)O. The molecule has 0 aliphatic rings. The van der Waals surface area contributed by atoms with Crippen LogP contribution >= 0.6 is 0 Å². The number of ether oxygens (including phenoxy) is 1. The highest BCUT2D eigenvalue weighted by Crippen LogP contribution is 1.99. The van der Waals surface area contributed by atoms with Crippen molar-refractivity contribution in [3.8, 4) is 0 Å². The zero-order valence-electron chi connectivity index (χ0n) is 9.61. The van der Waals surface area contributed by atoms with E-state index in [0.29, 0.717) is 0 Å². The second kappa shape index (κ2) is 8.20. The lowest BCUT2D eigenvalue weighted by atomic mass is 10.1. The lowest BCUT2D eigenvalue weighted by Gasteiger charge is -2.14. The summed E-state index contributed by atoms with van der Waals surface area (Å²) < 4.78 is 27.8. The number of nitrogens with one attached hydrogen (secondary N) is 2. The molecule has 0 aromatic rings. The molecular weight excluding hydrogens is 254 g/mol. The summed E-state index contributed by atoms with van der Waals surface area (Å²) in [6, 6.07) is -2.38. The van der Waals surface area contributed by atoms with Gasteiger partial charge >= 0.3 is 18.0 Å². The minimum absolute atomic E-state index is 0.190. The number of rotatable bonds is 7. The molecule has 0 aliphatic carbocycles. The number of alkyl halides is 2. The number of hydrogen-bond donors (Lipinski definition) is 3. The summed E-state index contributed by atoms with van der Waals surface area (Å²) in [6.07, 6.45) is -3.12. The maximum absolute atomic E-state index is 11.8. The molecule has 0 aliphatic heterocycles. The molecule has 0 spiro atoms. The van der Waals surface area contributed by atoms with Gasteiger partial charge in [-0.15, -0.1) is 0 Å². The second-order valence-electron chi connectivity index (χ2n) is 3.25. The van der Waals surface area contributed by atoms with Crippen molar-refractivity contribution in [2.45, 2.75) is 25.3 Å². The number of amides is 2. The minimum Gasteiger partial charge on any atom is -0.480 e. The summed E-state index contributed by atoms with van der Waals surface area (Å²) >= 11 is 0. The van der Waals surface area contributed by atoms with Crippen molar-refractivity contribution in [1.29, 1.82) is 0 Å². The molecule has 18 heavy (non-hydrogen) atoms. The lowest BCUT2D eigenvalue weighted by Crippen LogP contribution is -2.47. The number of hydrogen-bond acceptors (Lipinski definition) is 4. The summed E-state index contributed by atoms with van der Waals surface area (Å²) in [5, 5.41) is 12.5. The van der Waals surface area contributed by atoms with Gasteiger partial charge in [-0.25, -0.2) is 18.4 Å². The Morgan fingerprint density at radius 1 is 1.33 bits per heavy atom. The van der Waals surface area contributed by atoms with Crippen molar-refractivity contribution in [1.82, 2.24) is 10.6 Å². The minimum atomic E-state index is -2.73. The lowest BCUT2D eigenvalue weighted by molar-refractivity contribution is -0.142. The Morgan fingerprint density at radius 3 is 2.39 bits per heavy atom. The zero-order valence-corrected chi connectivity index (χ0v) is 9.61. The van der Waals surface area contributed by atoms with Gasteiger partial charge in [0, 0.05) is 6.42 Å². The van der Waals surface area contributed by atoms with E-state index in [1.54, 1.807) is 5.32 Å². The van der Waals surface area contributed by atoms with E-state index in [1.807, 2.05) is 5.32 Å². The molecule has 0 saturated carbocycles. The van der Waals surface area contributed by atoms with E-state index in [1.165, 1.54) is 0 Å². The Morgan fingerprint density at radius 2 is 1.94 bits per heavy atom. The standard InChI is InChI=1S/C9H14F2N2O5/c1-18-7(14)3-2-5(8(15)16)13-9(17)12-4-6(10)11/h5-6H,2-4H2,1H3,(H,15,16)(H2,12,13,17)/t5-/m1/s1. The topological polar surface area (TPSA) is 105 Å². The molecule has 0 bridgehead atoms. The van der Waals surface area contributed by atoms with Crippen LogP contribution in [0.2, 0.25) is 0 Å². The summed E-state index contributed by atoms with van der Waals surface area (Å²) in [7, 11) is 1.14. The van der Waals surface area contributed by atoms with Crippen molar-refractivity contribution < 1.29 is 33.0 Å². The van der Waals surface area contributed by atoms with Gasteiger partial charge in [0.25, 0.3) is 6.43 Å². The quantitative estimate of drug-likeness (QED) is 0.562. The summed E-state index contributed by atoms with van der Waals surface area (Å²) in [5.74, 6) is -2.00. The normalized spacial score (nSPS) is 11.8. The van der Waals surface area contributed by atoms with Gasteiger partial charge in [0.15, 0.2) is 0 Å². The maximum atomic E-state index is 11.8. The van der Waals surface area contributed by atoms with E-state index in [-0.39, 0.29) is 12.8 Å². The first-order valence-corrected chi connectivity index (χ1v) is 4.99. The van der Waals surface area contributed by atoms with Crippen LogP contribution in [0.4, 0.5) is 13.6 Å². The summed E-state index contributed by atoms with van der Waals surface area (Å²) in [6.45, 7) is -0.880. The van der Waals surface area contributed by atoms with Crippen LogP contribution < -0.4 is 10.6 Å². The van der Waals surface area contributed by atoms with E-state index in [2.05, 4.69) is 4.74 Å². The first-order chi connectivity index (χ1) is 8.36. The Labute approximate surface area is 101 Å². The van der Waals surface area contributed by atoms with Crippen LogP contribution in [0.5, 0.6) is 0 Å². The predicted molar refractivity (Wildman–Crippen MR) is 55.2 cm³/mol. The van der Waals surface area contributed by atoms with Crippen molar-refractivity contribution in [2.24, 2.45) is 0 Å². The van der Waals surface area contributed by atoms with Gasteiger partial charge in [0.1, 0.15) is 6.04 Å². The fourth-order valence-corrected chi connectivity index (χ4v) is 1.00. The Balaban J connectivity index is 4.15. The van der Waals surface area contributed by atoms with E-state index in [0.717, 1.165) is 7.11 Å². The number of carboxylic acids is 1. The highest BCUT2D eigenvalue weighted by molar-refractivity contribution is 5.83. The third-order valence-corrected chi connectivity index (χ3v) is 1.89. The number of esters is 1. The number of halogens is 2. The second-order valence-corrected chi connectivity index (χ2v) is 3.25. The number of carboxylic acid groups (broad SMARTS) is 1. The average molecular weight is 268 g/mol. The third kappa shape index (κ3) is 7.36. The molecule has 0 aromatic carbocycles. The fourth-order valence-electron chi connectivity index (χ4n) is 1.00. The fraction of sp³-hybridized carbons (Fsp3) is 0.667. The van der Waals surface area contributed by atoms with Gasteiger partial charge in [0.2, 0.25) is 0 Å². The number of urea groups is 1. The van der Waals surface area contributed by atoms with Crippen molar-refractivity contribution in [3.05, 3.63) is 0 Å². The van der Waals surface area contributed by atoms with Gasteiger partial charge in [0.05, 0.1) is 13.7 Å². The number of carbonyl (C=O) groups is 3. The van der Waals surface area contributed by atoms with Crippen molar-refractivity contribution in [2.75, 3.05) is 13.7 Å². The molecule has 0 heterocycles. The van der Waals surface area contributed by atoms with Gasteiger partial charge in [-0.1, -0.05) is 0 Å². The summed E-state index contributed by atoms with van der Waals surface area (Å²) in [5.41, 5.74) is 0. The van der Waals surface area contributed by atoms with Gasteiger partial charge < -0.3 is 20.5 Å². The van der Waals surface area contributed by atoms with Gasteiger partial charge in [-0.05, 0) is 6.42 Å². The molecule has 0 radical (unpaired) electrons. The van der Waals surface area contributed by atoms with Crippen LogP contribution in [-0.2, 0) is 14.3 Å². The molecule has 7 nitrogen and oxygen atoms in total. The maximum Gasteiger partial charge on any atom is 0.326 e. The summed E-state index contributed by atoms with van der Waals surface area (Å²) in [4.78, 5) is 32.6. The molecule has 1 atom stereocenters.